The minimum atomic E-state index is 0. The molecule has 0 amide bonds. The highest BCUT2D eigenvalue weighted by molar-refractivity contribution is 6.30. The van der Waals surface area contributed by atoms with Gasteiger partial charge in [-0.3, -0.25) is 0 Å². The maximum Gasteiger partial charge on any atom is 0.0774 e. The third kappa shape index (κ3) is 5.47. The Morgan fingerprint density at radius 2 is 1.85 bits per heavy atom. The second-order valence-electron chi connectivity index (χ2n) is 7.93. The molecule has 1 N–H and O–H groups in total. The predicted molar refractivity (Wildman–Crippen MR) is 112 cm³/mol. The Kier molecular flexibility index (Phi) is 7.54. The van der Waals surface area contributed by atoms with Crippen LogP contribution in [0, 0.1) is 0 Å². The fourth-order valence-electron chi connectivity index (χ4n) is 3.40. The summed E-state index contributed by atoms with van der Waals surface area (Å²) in [5.74, 6) is 0. The van der Waals surface area contributed by atoms with Crippen LogP contribution in [-0.2, 0) is 16.8 Å². The number of benzene rings is 2. The molecule has 2 aromatic rings. The molecule has 0 spiro atoms. The summed E-state index contributed by atoms with van der Waals surface area (Å²) in [6.07, 6.45) is 2.42. The van der Waals surface area contributed by atoms with Gasteiger partial charge in [0.25, 0.3) is 0 Å². The van der Waals surface area contributed by atoms with Crippen molar-refractivity contribution in [3.8, 4) is 0 Å². The second-order valence-corrected chi connectivity index (χ2v) is 8.37. The Balaban J connectivity index is 0.00000243. The highest BCUT2D eigenvalue weighted by Crippen LogP contribution is 2.29. The van der Waals surface area contributed by atoms with E-state index in [1.165, 1.54) is 11.1 Å². The van der Waals surface area contributed by atoms with E-state index in [4.69, 9.17) is 16.3 Å². The molecule has 2 atom stereocenters. The zero-order chi connectivity index (χ0) is 17.9. The molecule has 0 saturated carbocycles. The van der Waals surface area contributed by atoms with Gasteiger partial charge in [0.05, 0.1) is 18.8 Å². The molecule has 1 fully saturated rings. The third-order valence-corrected chi connectivity index (χ3v) is 5.07. The van der Waals surface area contributed by atoms with E-state index in [1.54, 1.807) is 0 Å². The summed E-state index contributed by atoms with van der Waals surface area (Å²) in [6.45, 7) is 8.27. The molecule has 2 aromatic carbocycles. The van der Waals surface area contributed by atoms with Gasteiger partial charge in [-0.2, -0.15) is 0 Å². The van der Waals surface area contributed by atoms with Crippen molar-refractivity contribution >= 4 is 24.0 Å². The Labute approximate surface area is 168 Å². The molecule has 1 aliphatic rings. The monoisotopic (exact) mass is 393 g/mol. The first-order chi connectivity index (χ1) is 11.9. The van der Waals surface area contributed by atoms with Gasteiger partial charge in [0, 0.05) is 5.02 Å². The van der Waals surface area contributed by atoms with Crippen LogP contribution in [0.25, 0.3) is 0 Å². The summed E-state index contributed by atoms with van der Waals surface area (Å²) in [5.41, 5.74) is 3.78. The molecule has 0 unspecified atom stereocenters. The summed E-state index contributed by atoms with van der Waals surface area (Å²) in [4.78, 5) is 0. The van der Waals surface area contributed by atoms with Crippen LogP contribution >= 0.6 is 24.0 Å². The molecular formula is C22H29Cl2NO. The van der Waals surface area contributed by atoms with Gasteiger partial charge in [-0.1, -0.05) is 68.8 Å². The van der Waals surface area contributed by atoms with Crippen molar-refractivity contribution in [2.24, 2.45) is 0 Å². The van der Waals surface area contributed by atoms with Crippen molar-refractivity contribution in [2.45, 2.75) is 57.8 Å². The van der Waals surface area contributed by atoms with Gasteiger partial charge in [-0.25, -0.2) is 0 Å². The molecule has 3 rings (SSSR count). The largest absolute Gasteiger partial charge is 0.372 e. The van der Waals surface area contributed by atoms with E-state index in [2.05, 4.69) is 68.6 Å². The fraction of sp³-hybridized carbons (Fsp3) is 0.455. The zero-order valence-electron chi connectivity index (χ0n) is 15.8. The van der Waals surface area contributed by atoms with E-state index < -0.39 is 0 Å². The van der Waals surface area contributed by atoms with Crippen molar-refractivity contribution in [2.75, 3.05) is 6.54 Å². The number of nitrogens with one attached hydrogen (secondary N) is 1. The first kappa shape index (κ1) is 21.2. The van der Waals surface area contributed by atoms with E-state index in [0.29, 0.717) is 6.61 Å². The molecule has 4 heteroatoms. The van der Waals surface area contributed by atoms with E-state index in [9.17, 15) is 0 Å². The summed E-state index contributed by atoms with van der Waals surface area (Å²) in [6, 6.07) is 17.2. The normalized spacial score (nSPS) is 20.5. The average molecular weight is 394 g/mol. The quantitative estimate of drug-likeness (QED) is 0.680. The molecule has 1 aliphatic heterocycles. The molecule has 2 nitrogen and oxygen atoms in total. The minimum absolute atomic E-state index is 0. The summed E-state index contributed by atoms with van der Waals surface area (Å²) < 4.78 is 6.34. The first-order valence-corrected chi connectivity index (χ1v) is 9.51. The lowest BCUT2D eigenvalue weighted by Gasteiger charge is -2.33. The van der Waals surface area contributed by atoms with Crippen LogP contribution < -0.4 is 5.32 Å². The van der Waals surface area contributed by atoms with Crippen LogP contribution in [0.15, 0.2) is 48.5 Å². The SMILES string of the molecule is CC(C)(C)c1cc(Cl)cc(CO[C@H]2CCCN[C@H]2c2ccccc2)c1.Cl. The maximum absolute atomic E-state index is 6.34. The van der Waals surface area contributed by atoms with Crippen molar-refractivity contribution in [1.29, 1.82) is 0 Å². The Morgan fingerprint density at radius 3 is 2.54 bits per heavy atom. The highest BCUT2D eigenvalue weighted by Gasteiger charge is 2.27. The van der Waals surface area contributed by atoms with Crippen LogP contribution in [0.2, 0.25) is 5.02 Å². The Morgan fingerprint density at radius 1 is 1.12 bits per heavy atom. The first-order valence-electron chi connectivity index (χ1n) is 9.13. The molecule has 1 saturated heterocycles. The summed E-state index contributed by atoms with van der Waals surface area (Å²) in [7, 11) is 0. The van der Waals surface area contributed by atoms with Gasteiger partial charge in [-0.15, -0.1) is 12.4 Å². The molecule has 26 heavy (non-hydrogen) atoms. The molecule has 0 radical (unpaired) electrons. The Hall–Kier alpha value is -1.06. The minimum Gasteiger partial charge on any atom is -0.372 e. The summed E-state index contributed by atoms with van der Waals surface area (Å²) >= 11 is 6.33. The second kappa shape index (κ2) is 9.23. The number of hydrogen-bond acceptors (Lipinski definition) is 2. The van der Waals surface area contributed by atoms with Crippen LogP contribution in [0.3, 0.4) is 0 Å². The van der Waals surface area contributed by atoms with Crippen molar-refractivity contribution in [3.63, 3.8) is 0 Å². The number of ether oxygens (including phenoxy) is 1. The van der Waals surface area contributed by atoms with Crippen LogP contribution in [0.1, 0.15) is 56.3 Å². The van der Waals surface area contributed by atoms with Crippen LogP contribution in [0.5, 0.6) is 0 Å². The topological polar surface area (TPSA) is 21.3 Å². The smallest absolute Gasteiger partial charge is 0.0774 e. The van der Waals surface area contributed by atoms with Gasteiger partial charge in [0.2, 0.25) is 0 Å². The lowest BCUT2D eigenvalue weighted by molar-refractivity contribution is -0.00360. The van der Waals surface area contributed by atoms with E-state index in [0.717, 1.165) is 30.0 Å². The molecule has 0 aliphatic carbocycles. The average Bonchev–Trinajstić information content (AvgIpc) is 2.60. The van der Waals surface area contributed by atoms with Gasteiger partial charge in [0.1, 0.15) is 0 Å². The molecule has 0 aromatic heterocycles. The highest BCUT2D eigenvalue weighted by atomic mass is 35.5. The molecule has 142 valence electrons. The number of piperidine rings is 1. The van der Waals surface area contributed by atoms with Gasteiger partial charge >= 0.3 is 0 Å². The van der Waals surface area contributed by atoms with Crippen LogP contribution in [-0.4, -0.2) is 12.6 Å². The third-order valence-electron chi connectivity index (χ3n) is 4.85. The van der Waals surface area contributed by atoms with Crippen molar-refractivity contribution < 1.29 is 4.74 Å². The fourth-order valence-corrected chi connectivity index (χ4v) is 3.66. The van der Waals surface area contributed by atoms with Crippen LogP contribution in [0.4, 0.5) is 0 Å². The predicted octanol–water partition coefficient (Wildman–Crippen LogP) is 6.07. The Bertz CT molecular complexity index is 697. The molecule has 1 heterocycles. The van der Waals surface area contributed by atoms with Crippen molar-refractivity contribution in [1.82, 2.24) is 5.32 Å². The zero-order valence-corrected chi connectivity index (χ0v) is 17.4. The van der Waals surface area contributed by atoms with Gasteiger partial charge in [0.15, 0.2) is 0 Å². The molecular weight excluding hydrogens is 365 g/mol. The lowest BCUT2D eigenvalue weighted by Crippen LogP contribution is -2.39. The van der Waals surface area contributed by atoms with Crippen molar-refractivity contribution in [3.05, 3.63) is 70.2 Å². The number of halogens is 2. The van der Waals surface area contributed by atoms with E-state index in [-0.39, 0.29) is 30.0 Å². The van der Waals surface area contributed by atoms with E-state index in [1.807, 2.05) is 6.07 Å². The molecule has 0 bridgehead atoms. The number of hydrogen-bond donors (Lipinski definition) is 1. The van der Waals surface area contributed by atoms with Gasteiger partial charge in [-0.05, 0) is 53.6 Å². The number of rotatable bonds is 4. The lowest BCUT2D eigenvalue weighted by atomic mass is 9.86. The maximum atomic E-state index is 6.34. The standard InChI is InChI=1S/C22H28ClNO.ClH/c1-22(2,3)18-12-16(13-19(23)14-18)15-25-20-10-7-11-24-21(20)17-8-5-4-6-9-17;/h4-6,8-9,12-14,20-21,24H,7,10-11,15H2,1-3H3;1H/t20-,21-;/m0./s1. The summed E-state index contributed by atoms with van der Waals surface area (Å²) in [5, 5.41) is 4.40. The van der Waals surface area contributed by atoms with Gasteiger partial charge < -0.3 is 10.1 Å². The van der Waals surface area contributed by atoms with E-state index >= 15 is 0 Å².